The van der Waals surface area contributed by atoms with Crippen LogP contribution in [0.4, 0.5) is 5.69 Å². The molecule has 0 aliphatic carbocycles. The lowest BCUT2D eigenvalue weighted by Gasteiger charge is -2.13. The molecule has 4 rings (SSSR count). The minimum Gasteiger partial charge on any atom is -0.485 e. The first-order chi connectivity index (χ1) is 14.0. The predicted molar refractivity (Wildman–Crippen MR) is 114 cm³/mol. The SMILES string of the molecule is Cc1ccc(OCc2cc(=O)n3c(C)csc3n2)c(NC(=O)c2ccccc2)c1. The lowest BCUT2D eigenvalue weighted by Crippen LogP contribution is -2.16. The van der Waals surface area contributed by atoms with Crippen molar-refractivity contribution in [2.24, 2.45) is 0 Å². The first kappa shape index (κ1) is 18.9. The van der Waals surface area contributed by atoms with Gasteiger partial charge in [0.1, 0.15) is 12.4 Å². The molecule has 7 heteroatoms. The second kappa shape index (κ2) is 7.89. The highest BCUT2D eigenvalue weighted by atomic mass is 32.1. The van der Waals surface area contributed by atoms with Crippen molar-refractivity contribution in [2.45, 2.75) is 20.5 Å². The number of aromatic nitrogens is 2. The monoisotopic (exact) mass is 405 g/mol. The Bertz CT molecular complexity index is 1250. The number of rotatable bonds is 5. The number of benzene rings is 2. The van der Waals surface area contributed by atoms with Crippen LogP contribution in [-0.4, -0.2) is 15.3 Å². The maximum absolute atomic E-state index is 12.5. The van der Waals surface area contributed by atoms with Crippen molar-refractivity contribution in [3.8, 4) is 5.75 Å². The van der Waals surface area contributed by atoms with Gasteiger partial charge >= 0.3 is 0 Å². The van der Waals surface area contributed by atoms with E-state index in [1.807, 2.05) is 49.6 Å². The third-order valence-corrected chi connectivity index (χ3v) is 5.37. The van der Waals surface area contributed by atoms with Crippen LogP contribution in [0.5, 0.6) is 5.75 Å². The smallest absolute Gasteiger partial charge is 0.259 e. The Morgan fingerprint density at radius 3 is 2.72 bits per heavy atom. The average molecular weight is 405 g/mol. The van der Waals surface area contributed by atoms with Gasteiger partial charge in [0, 0.05) is 22.7 Å². The third-order valence-electron chi connectivity index (χ3n) is 4.42. The number of carbonyl (C=O) groups excluding carboxylic acids is 1. The van der Waals surface area contributed by atoms with Crippen LogP contribution in [0.15, 0.2) is 64.8 Å². The molecule has 0 bridgehead atoms. The first-order valence-electron chi connectivity index (χ1n) is 9.08. The van der Waals surface area contributed by atoms with Crippen LogP contribution >= 0.6 is 11.3 Å². The minimum atomic E-state index is -0.215. The van der Waals surface area contributed by atoms with Crippen LogP contribution in [-0.2, 0) is 6.61 Å². The molecule has 29 heavy (non-hydrogen) atoms. The van der Waals surface area contributed by atoms with Gasteiger partial charge in [0.05, 0.1) is 11.4 Å². The summed E-state index contributed by atoms with van der Waals surface area (Å²) in [6.45, 7) is 3.94. The van der Waals surface area contributed by atoms with E-state index >= 15 is 0 Å². The van der Waals surface area contributed by atoms with Gasteiger partial charge in [0.25, 0.3) is 11.5 Å². The van der Waals surface area contributed by atoms with Gasteiger partial charge in [-0.25, -0.2) is 4.98 Å². The maximum atomic E-state index is 12.5. The topological polar surface area (TPSA) is 72.7 Å². The third kappa shape index (κ3) is 4.05. The summed E-state index contributed by atoms with van der Waals surface area (Å²) in [7, 11) is 0. The summed E-state index contributed by atoms with van der Waals surface area (Å²) in [5.74, 6) is 0.303. The molecule has 0 aliphatic heterocycles. The molecule has 0 saturated heterocycles. The van der Waals surface area contributed by atoms with Gasteiger partial charge < -0.3 is 10.1 Å². The van der Waals surface area contributed by atoms with E-state index in [0.29, 0.717) is 27.7 Å². The van der Waals surface area contributed by atoms with Crippen LogP contribution < -0.4 is 15.6 Å². The summed E-state index contributed by atoms with van der Waals surface area (Å²) in [6, 6.07) is 16.0. The van der Waals surface area contributed by atoms with E-state index in [4.69, 9.17) is 4.74 Å². The number of nitrogens with zero attached hydrogens (tertiary/aromatic N) is 2. The summed E-state index contributed by atoms with van der Waals surface area (Å²) < 4.78 is 7.48. The van der Waals surface area contributed by atoms with Gasteiger partial charge in [0.15, 0.2) is 4.96 Å². The molecule has 0 spiro atoms. The molecule has 4 aromatic rings. The largest absolute Gasteiger partial charge is 0.485 e. The van der Waals surface area contributed by atoms with Crippen LogP contribution in [0, 0.1) is 13.8 Å². The summed E-state index contributed by atoms with van der Waals surface area (Å²) in [5, 5.41) is 4.79. The van der Waals surface area contributed by atoms with E-state index in [2.05, 4.69) is 10.3 Å². The zero-order chi connectivity index (χ0) is 20.4. The Balaban J connectivity index is 1.56. The van der Waals surface area contributed by atoms with Gasteiger partial charge in [0.2, 0.25) is 0 Å². The number of fused-ring (bicyclic) bond motifs is 1. The number of hydrogen-bond donors (Lipinski definition) is 1. The normalized spacial score (nSPS) is 10.8. The predicted octanol–water partition coefficient (Wildman–Crippen LogP) is 4.20. The highest BCUT2D eigenvalue weighted by Crippen LogP contribution is 2.27. The molecule has 6 nitrogen and oxygen atoms in total. The van der Waals surface area contributed by atoms with Crippen molar-refractivity contribution >= 4 is 27.9 Å². The molecule has 0 aliphatic rings. The Morgan fingerprint density at radius 2 is 1.93 bits per heavy atom. The molecule has 0 saturated carbocycles. The van der Waals surface area contributed by atoms with E-state index in [-0.39, 0.29) is 18.1 Å². The molecule has 0 radical (unpaired) electrons. The number of nitrogens with one attached hydrogen (secondary N) is 1. The summed E-state index contributed by atoms with van der Waals surface area (Å²) in [4.78, 5) is 30.0. The lowest BCUT2D eigenvalue weighted by molar-refractivity contribution is 0.102. The van der Waals surface area contributed by atoms with Crippen LogP contribution in [0.3, 0.4) is 0 Å². The number of carbonyl (C=O) groups is 1. The Hall–Kier alpha value is -3.45. The van der Waals surface area contributed by atoms with Gasteiger partial charge in [-0.15, -0.1) is 11.3 Å². The number of anilines is 1. The van der Waals surface area contributed by atoms with Gasteiger partial charge in [-0.05, 0) is 43.7 Å². The molecular formula is C22H19N3O3S. The molecule has 0 atom stereocenters. The number of ether oxygens (including phenoxy) is 1. The van der Waals surface area contributed by atoms with E-state index < -0.39 is 0 Å². The molecule has 146 valence electrons. The van der Waals surface area contributed by atoms with Crippen LogP contribution in [0.25, 0.3) is 4.96 Å². The summed E-state index contributed by atoms with van der Waals surface area (Å²) in [6.07, 6.45) is 0. The highest BCUT2D eigenvalue weighted by Gasteiger charge is 2.12. The van der Waals surface area contributed by atoms with E-state index in [1.165, 1.54) is 17.4 Å². The van der Waals surface area contributed by atoms with Gasteiger partial charge in [-0.1, -0.05) is 24.3 Å². The van der Waals surface area contributed by atoms with Crippen molar-refractivity contribution in [2.75, 3.05) is 5.32 Å². The van der Waals surface area contributed by atoms with Crippen LogP contribution in [0.2, 0.25) is 0 Å². The van der Waals surface area contributed by atoms with Crippen molar-refractivity contribution in [3.63, 3.8) is 0 Å². The fraction of sp³-hybridized carbons (Fsp3) is 0.136. The van der Waals surface area contributed by atoms with Crippen LogP contribution in [0.1, 0.15) is 27.3 Å². The molecule has 0 unspecified atom stereocenters. The molecule has 2 aromatic carbocycles. The second-order valence-corrected chi connectivity index (χ2v) is 7.53. The number of thiazole rings is 1. The van der Waals surface area contributed by atoms with E-state index in [9.17, 15) is 9.59 Å². The van der Waals surface area contributed by atoms with Gasteiger partial charge in [-0.2, -0.15) is 0 Å². The molecule has 1 amide bonds. The average Bonchev–Trinajstić information content (AvgIpc) is 3.09. The summed E-state index contributed by atoms with van der Waals surface area (Å²) >= 11 is 1.41. The molecule has 1 N–H and O–H groups in total. The molecule has 2 heterocycles. The van der Waals surface area contributed by atoms with Gasteiger partial charge in [-0.3, -0.25) is 14.0 Å². The standard InChI is InChI=1S/C22H19N3O3S/c1-14-8-9-19(18(10-14)24-21(27)16-6-4-3-5-7-16)28-12-17-11-20(26)25-15(2)13-29-22(25)23-17/h3-11,13H,12H2,1-2H3,(H,24,27). The Kier molecular flexibility index (Phi) is 5.14. The van der Waals surface area contributed by atoms with Crippen molar-refractivity contribution in [3.05, 3.63) is 92.8 Å². The quantitative estimate of drug-likeness (QED) is 0.540. The molecule has 2 aromatic heterocycles. The highest BCUT2D eigenvalue weighted by molar-refractivity contribution is 7.15. The van der Waals surface area contributed by atoms with E-state index in [0.717, 1.165) is 11.3 Å². The van der Waals surface area contributed by atoms with Crippen molar-refractivity contribution in [1.82, 2.24) is 9.38 Å². The fourth-order valence-electron chi connectivity index (χ4n) is 2.98. The Labute approximate surface area is 171 Å². The van der Waals surface area contributed by atoms with E-state index in [1.54, 1.807) is 22.6 Å². The number of amides is 1. The lowest BCUT2D eigenvalue weighted by atomic mass is 10.1. The molecular weight excluding hydrogens is 386 g/mol. The number of aryl methyl sites for hydroxylation is 2. The maximum Gasteiger partial charge on any atom is 0.259 e. The zero-order valence-corrected chi connectivity index (χ0v) is 16.8. The Morgan fingerprint density at radius 1 is 1.14 bits per heavy atom. The van der Waals surface area contributed by atoms with Crippen molar-refractivity contribution in [1.29, 1.82) is 0 Å². The summed E-state index contributed by atoms with van der Waals surface area (Å²) in [5.41, 5.74) is 3.40. The second-order valence-electron chi connectivity index (χ2n) is 6.69. The van der Waals surface area contributed by atoms with Crippen molar-refractivity contribution < 1.29 is 9.53 Å². The number of hydrogen-bond acceptors (Lipinski definition) is 5. The molecule has 0 fully saturated rings. The zero-order valence-electron chi connectivity index (χ0n) is 16.0. The fourth-order valence-corrected chi connectivity index (χ4v) is 3.87. The minimum absolute atomic E-state index is 0.125. The first-order valence-corrected chi connectivity index (χ1v) is 9.96.